The maximum absolute atomic E-state index is 12.2. The number of nitrogens with one attached hydrogen (secondary N) is 1. The fourth-order valence-electron chi connectivity index (χ4n) is 2.49. The van der Waals surface area contributed by atoms with E-state index >= 15 is 0 Å². The van der Waals surface area contributed by atoms with E-state index in [0.29, 0.717) is 13.1 Å². The van der Waals surface area contributed by atoms with Crippen LogP contribution in [0.5, 0.6) is 0 Å². The quantitative estimate of drug-likeness (QED) is 0.945. The summed E-state index contributed by atoms with van der Waals surface area (Å²) in [6.07, 6.45) is 0. The van der Waals surface area contributed by atoms with E-state index in [2.05, 4.69) is 10.2 Å². The predicted molar refractivity (Wildman–Crippen MR) is 81.9 cm³/mol. The molecule has 1 aliphatic heterocycles. The highest BCUT2D eigenvalue weighted by Gasteiger charge is 2.31. The Bertz CT molecular complexity index is 600. The molecule has 1 fully saturated rings. The number of halogens is 1. The molecule has 2 aromatic rings. The van der Waals surface area contributed by atoms with Crippen LogP contribution >= 0.6 is 22.9 Å². The molecule has 2 heterocycles. The van der Waals surface area contributed by atoms with Crippen LogP contribution in [-0.2, 0) is 11.3 Å². The van der Waals surface area contributed by atoms with Crippen LogP contribution in [0.3, 0.4) is 0 Å². The molecule has 20 heavy (non-hydrogen) atoms. The molecule has 1 aromatic carbocycles. The first-order chi connectivity index (χ1) is 9.75. The molecule has 1 aromatic heterocycles. The average molecular weight is 307 g/mol. The Kier molecular flexibility index (Phi) is 4.05. The van der Waals surface area contributed by atoms with Gasteiger partial charge in [0.15, 0.2) is 0 Å². The van der Waals surface area contributed by atoms with Gasteiger partial charge in [-0.2, -0.15) is 0 Å². The lowest BCUT2D eigenvalue weighted by molar-refractivity contribution is -0.129. The molecular formula is C15H15ClN2OS. The number of benzene rings is 1. The van der Waals surface area contributed by atoms with E-state index in [4.69, 9.17) is 11.6 Å². The molecule has 1 N–H and O–H groups in total. The Morgan fingerprint density at radius 2 is 2.15 bits per heavy atom. The monoisotopic (exact) mass is 306 g/mol. The van der Waals surface area contributed by atoms with Crippen molar-refractivity contribution < 1.29 is 4.79 Å². The fourth-order valence-corrected chi connectivity index (χ4v) is 3.54. The van der Waals surface area contributed by atoms with Gasteiger partial charge in [-0.3, -0.25) is 9.69 Å². The number of nitrogens with zero attached hydrogens (tertiary/aromatic N) is 1. The van der Waals surface area contributed by atoms with E-state index in [0.717, 1.165) is 22.0 Å². The fraction of sp³-hybridized carbons (Fsp3) is 0.267. The van der Waals surface area contributed by atoms with Crippen LogP contribution in [-0.4, -0.2) is 23.9 Å². The van der Waals surface area contributed by atoms with Crippen LogP contribution in [0.1, 0.15) is 16.5 Å². The number of hydrogen-bond donors (Lipinski definition) is 1. The van der Waals surface area contributed by atoms with Crippen LogP contribution in [0.2, 0.25) is 5.02 Å². The lowest BCUT2D eigenvalue weighted by atomic mass is 10.1. The molecule has 3 rings (SSSR count). The molecule has 0 aliphatic carbocycles. The van der Waals surface area contributed by atoms with E-state index in [-0.39, 0.29) is 11.9 Å². The van der Waals surface area contributed by atoms with Crippen molar-refractivity contribution >= 4 is 28.8 Å². The third kappa shape index (κ3) is 2.73. The molecule has 3 nitrogen and oxygen atoms in total. The molecule has 1 unspecified atom stereocenters. The summed E-state index contributed by atoms with van der Waals surface area (Å²) in [5.41, 5.74) is 1.06. The van der Waals surface area contributed by atoms with Crippen molar-refractivity contribution in [2.75, 3.05) is 13.1 Å². The third-order valence-corrected chi connectivity index (χ3v) is 4.75. The molecule has 0 spiro atoms. The van der Waals surface area contributed by atoms with Gasteiger partial charge in [-0.05, 0) is 23.1 Å². The Morgan fingerprint density at radius 1 is 1.30 bits per heavy atom. The van der Waals surface area contributed by atoms with Crippen molar-refractivity contribution in [2.45, 2.75) is 12.6 Å². The van der Waals surface area contributed by atoms with Crippen molar-refractivity contribution in [3.05, 3.63) is 57.2 Å². The number of thiophene rings is 1. The molecular weight excluding hydrogens is 292 g/mol. The summed E-state index contributed by atoms with van der Waals surface area (Å²) in [6, 6.07) is 11.6. The zero-order chi connectivity index (χ0) is 13.9. The van der Waals surface area contributed by atoms with Gasteiger partial charge in [0.25, 0.3) is 0 Å². The second-order valence-electron chi connectivity index (χ2n) is 4.77. The second kappa shape index (κ2) is 5.95. The number of piperazine rings is 1. The van der Waals surface area contributed by atoms with Crippen molar-refractivity contribution in [1.29, 1.82) is 0 Å². The topological polar surface area (TPSA) is 32.3 Å². The first-order valence-corrected chi connectivity index (χ1v) is 7.80. The summed E-state index contributed by atoms with van der Waals surface area (Å²) in [6.45, 7) is 2.21. The summed E-state index contributed by atoms with van der Waals surface area (Å²) in [4.78, 5) is 15.5. The standard InChI is InChI=1S/C15H15ClN2OS/c16-12-5-2-1-4-11(12)10-18-8-7-17-15(19)14(18)13-6-3-9-20-13/h1-6,9,14H,7-8,10H2,(H,17,19). The number of hydrogen-bond acceptors (Lipinski definition) is 3. The maximum atomic E-state index is 12.2. The van der Waals surface area contributed by atoms with Crippen LogP contribution in [0, 0.1) is 0 Å². The predicted octanol–water partition coefficient (Wildman–Crippen LogP) is 3.07. The van der Waals surface area contributed by atoms with E-state index in [9.17, 15) is 4.79 Å². The molecule has 0 bridgehead atoms. The Morgan fingerprint density at radius 3 is 2.90 bits per heavy atom. The molecule has 0 saturated carbocycles. The largest absolute Gasteiger partial charge is 0.353 e. The minimum Gasteiger partial charge on any atom is -0.353 e. The molecule has 104 valence electrons. The van der Waals surface area contributed by atoms with Gasteiger partial charge in [-0.25, -0.2) is 0 Å². The zero-order valence-corrected chi connectivity index (χ0v) is 12.5. The van der Waals surface area contributed by atoms with E-state index < -0.39 is 0 Å². The summed E-state index contributed by atoms with van der Waals surface area (Å²) in [5.74, 6) is 0.0748. The summed E-state index contributed by atoms with van der Waals surface area (Å²) >= 11 is 7.84. The minimum absolute atomic E-state index is 0.0748. The smallest absolute Gasteiger partial charge is 0.242 e. The van der Waals surface area contributed by atoms with Gasteiger partial charge < -0.3 is 5.32 Å². The van der Waals surface area contributed by atoms with Gasteiger partial charge >= 0.3 is 0 Å². The van der Waals surface area contributed by atoms with Crippen molar-refractivity contribution in [1.82, 2.24) is 10.2 Å². The molecule has 1 amide bonds. The minimum atomic E-state index is -0.208. The summed E-state index contributed by atoms with van der Waals surface area (Å²) < 4.78 is 0. The van der Waals surface area contributed by atoms with Crippen LogP contribution in [0.4, 0.5) is 0 Å². The first kappa shape index (κ1) is 13.6. The molecule has 0 radical (unpaired) electrons. The number of carbonyl (C=O) groups excluding carboxylic acids is 1. The van der Waals surface area contributed by atoms with Gasteiger partial charge in [-0.1, -0.05) is 35.9 Å². The maximum Gasteiger partial charge on any atom is 0.242 e. The van der Waals surface area contributed by atoms with E-state index in [1.165, 1.54) is 0 Å². The molecule has 1 atom stereocenters. The van der Waals surface area contributed by atoms with Gasteiger partial charge in [0.2, 0.25) is 5.91 Å². The van der Waals surface area contributed by atoms with Crippen LogP contribution < -0.4 is 5.32 Å². The van der Waals surface area contributed by atoms with Crippen LogP contribution in [0.15, 0.2) is 41.8 Å². The highest BCUT2D eigenvalue weighted by Crippen LogP contribution is 2.29. The zero-order valence-electron chi connectivity index (χ0n) is 10.9. The van der Waals surface area contributed by atoms with Crippen molar-refractivity contribution in [3.63, 3.8) is 0 Å². The number of rotatable bonds is 3. The molecule has 1 aliphatic rings. The number of carbonyl (C=O) groups is 1. The number of amides is 1. The van der Waals surface area contributed by atoms with Gasteiger partial charge in [0.1, 0.15) is 6.04 Å². The van der Waals surface area contributed by atoms with Crippen molar-refractivity contribution in [3.8, 4) is 0 Å². The first-order valence-electron chi connectivity index (χ1n) is 6.54. The SMILES string of the molecule is O=C1NCCN(Cc2ccccc2Cl)C1c1cccs1. The van der Waals surface area contributed by atoms with Crippen LogP contribution in [0.25, 0.3) is 0 Å². The van der Waals surface area contributed by atoms with Gasteiger partial charge in [0.05, 0.1) is 0 Å². The van der Waals surface area contributed by atoms with Gasteiger partial charge in [0, 0.05) is 29.5 Å². The Labute approximate surface area is 127 Å². The van der Waals surface area contributed by atoms with E-state index in [1.807, 2.05) is 41.8 Å². The average Bonchev–Trinajstić information content (AvgIpc) is 2.95. The normalized spacial score (nSPS) is 19.9. The Balaban J connectivity index is 1.86. The van der Waals surface area contributed by atoms with Crippen molar-refractivity contribution in [2.24, 2.45) is 0 Å². The Hall–Kier alpha value is -1.36. The summed E-state index contributed by atoms with van der Waals surface area (Å²) in [5, 5.41) is 5.70. The molecule has 1 saturated heterocycles. The second-order valence-corrected chi connectivity index (χ2v) is 6.16. The highest BCUT2D eigenvalue weighted by atomic mass is 35.5. The summed E-state index contributed by atoms with van der Waals surface area (Å²) in [7, 11) is 0. The van der Waals surface area contributed by atoms with E-state index in [1.54, 1.807) is 11.3 Å². The van der Waals surface area contributed by atoms with Gasteiger partial charge in [-0.15, -0.1) is 11.3 Å². The lowest BCUT2D eigenvalue weighted by Gasteiger charge is -2.34. The highest BCUT2D eigenvalue weighted by molar-refractivity contribution is 7.10. The lowest BCUT2D eigenvalue weighted by Crippen LogP contribution is -2.49. The molecule has 5 heteroatoms. The third-order valence-electron chi connectivity index (χ3n) is 3.46.